The van der Waals surface area contributed by atoms with Gasteiger partial charge in [-0.05, 0) is 37.0 Å². The Kier molecular flexibility index (Phi) is 5.29. The minimum atomic E-state index is -0.0429. The van der Waals surface area contributed by atoms with E-state index in [1.165, 1.54) is 11.1 Å². The summed E-state index contributed by atoms with van der Waals surface area (Å²) in [5.74, 6) is 0.890. The van der Waals surface area contributed by atoms with Crippen LogP contribution in [0.25, 0.3) is 16.8 Å². The lowest BCUT2D eigenvalue weighted by atomic mass is 9.95. The molecule has 0 radical (unpaired) electrons. The van der Waals surface area contributed by atoms with Crippen molar-refractivity contribution in [3.05, 3.63) is 83.7 Å². The number of nitrogens with zero attached hydrogens (tertiary/aromatic N) is 4. The van der Waals surface area contributed by atoms with Crippen molar-refractivity contribution in [1.29, 1.82) is 0 Å². The zero-order valence-electron chi connectivity index (χ0n) is 19.8. The Morgan fingerprint density at radius 3 is 2.54 bits per heavy atom. The van der Waals surface area contributed by atoms with Crippen molar-refractivity contribution in [3.8, 4) is 11.3 Å². The number of anilines is 1. The van der Waals surface area contributed by atoms with Gasteiger partial charge in [0.1, 0.15) is 5.52 Å². The van der Waals surface area contributed by atoms with Crippen LogP contribution in [0.15, 0.2) is 67.0 Å². The van der Waals surface area contributed by atoms with Crippen molar-refractivity contribution in [1.82, 2.24) is 19.9 Å². The van der Waals surface area contributed by atoms with Gasteiger partial charge in [0.25, 0.3) is 0 Å². The van der Waals surface area contributed by atoms with Crippen LogP contribution in [-0.4, -0.2) is 45.3 Å². The molecule has 0 spiro atoms. The van der Waals surface area contributed by atoms with E-state index in [2.05, 4.69) is 76.7 Å². The van der Waals surface area contributed by atoms with Gasteiger partial charge in [0, 0.05) is 43.0 Å². The van der Waals surface area contributed by atoms with Crippen LogP contribution in [-0.2, 0) is 16.8 Å². The van der Waals surface area contributed by atoms with Crippen LogP contribution in [0, 0.1) is 12.8 Å². The van der Waals surface area contributed by atoms with Crippen LogP contribution < -0.4 is 10.2 Å². The maximum Gasteiger partial charge on any atom is 0.226 e. The Hall–Kier alpha value is -3.71. The highest BCUT2D eigenvalue weighted by atomic mass is 16.3. The number of hydrogen-bond acceptors (Lipinski definition) is 5. The number of benzene rings is 2. The first-order valence-electron chi connectivity index (χ1n) is 12.2. The van der Waals surface area contributed by atoms with E-state index >= 15 is 0 Å². The number of carbonyl (C=O) groups is 1. The van der Waals surface area contributed by atoms with Crippen molar-refractivity contribution in [2.45, 2.75) is 31.7 Å². The molecule has 0 bridgehead atoms. The third kappa shape index (κ3) is 4.06. The quantitative estimate of drug-likeness (QED) is 0.435. The van der Waals surface area contributed by atoms with E-state index < -0.39 is 0 Å². The molecule has 3 heterocycles. The van der Waals surface area contributed by atoms with Gasteiger partial charge < -0.3 is 15.3 Å². The Labute approximate surface area is 204 Å². The first-order valence-corrected chi connectivity index (χ1v) is 12.2. The number of carbonyl (C=O) groups excluding carboxylic acids is 1. The van der Waals surface area contributed by atoms with Crippen LogP contribution in [0.3, 0.4) is 0 Å². The highest BCUT2D eigenvalue weighted by Crippen LogP contribution is 2.47. The van der Waals surface area contributed by atoms with Crippen LogP contribution in [0.4, 0.5) is 5.82 Å². The third-order valence-corrected chi connectivity index (χ3v) is 7.46. The second kappa shape index (κ2) is 8.50. The number of rotatable bonds is 7. The largest absolute Gasteiger partial charge is 0.395 e. The molecule has 2 aromatic carbocycles. The number of aryl methyl sites for hydroxylation is 1. The van der Waals surface area contributed by atoms with E-state index in [9.17, 15) is 9.90 Å². The average molecular weight is 468 g/mol. The molecule has 178 valence electrons. The summed E-state index contributed by atoms with van der Waals surface area (Å²) in [6, 6.07) is 18.7. The molecule has 4 aromatic rings. The van der Waals surface area contributed by atoms with Crippen molar-refractivity contribution in [2.75, 3.05) is 24.6 Å². The molecule has 1 aliphatic heterocycles. The first-order chi connectivity index (χ1) is 17.0. The predicted octanol–water partition coefficient (Wildman–Crippen LogP) is 3.48. The van der Waals surface area contributed by atoms with E-state index in [0.717, 1.165) is 41.0 Å². The minimum Gasteiger partial charge on any atom is -0.395 e. The Balaban J connectivity index is 1.13. The van der Waals surface area contributed by atoms with E-state index in [1.54, 1.807) is 6.20 Å². The molecule has 1 saturated heterocycles. The molecular weight excluding hydrogens is 438 g/mol. The smallest absolute Gasteiger partial charge is 0.226 e. The van der Waals surface area contributed by atoms with E-state index in [1.807, 2.05) is 10.7 Å². The lowest BCUT2D eigenvalue weighted by molar-refractivity contribution is -0.125. The molecule has 2 fully saturated rings. The molecule has 2 aliphatic rings. The topological polar surface area (TPSA) is 82.8 Å². The highest BCUT2D eigenvalue weighted by Gasteiger charge is 2.43. The predicted molar refractivity (Wildman–Crippen MR) is 135 cm³/mol. The maximum absolute atomic E-state index is 12.6. The van der Waals surface area contributed by atoms with Gasteiger partial charge in [-0.3, -0.25) is 4.79 Å². The summed E-state index contributed by atoms with van der Waals surface area (Å²) in [7, 11) is 0. The Bertz CT molecular complexity index is 1370. The summed E-state index contributed by atoms with van der Waals surface area (Å²) in [6.07, 6.45) is 5.71. The van der Waals surface area contributed by atoms with Crippen LogP contribution in [0.1, 0.15) is 29.5 Å². The van der Waals surface area contributed by atoms with E-state index in [0.29, 0.717) is 19.6 Å². The molecule has 35 heavy (non-hydrogen) atoms. The van der Waals surface area contributed by atoms with Gasteiger partial charge in [0.15, 0.2) is 5.82 Å². The van der Waals surface area contributed by atoms with Gasteiger partial charge in [0.05, 0.1) is 18.2 Å². The molecule has 1 aliphatic carbocycles. The number of hydrogen-bond donors (Lipinski definition) is 2. The van der Waals surface area contributed by atoms with Crippen molar-refractivity contribution >= 4 is 17.2 Å². The number of aromatic nitrogens is 3. The summed E-state index contributed by atoms with van der Waals surface area (Å²) < 4.78 is 1.85. The summed E-state index contributed by atoms with van der Waals surface area (Å²) in [5, 5.41) is 17.5. The van der Waals surface area contributed by atoms with E-state index in [-0.39, 0.29) is 23.8 Å². The summed E-state index contributed by atoms with van der Waals surface area (Å²) in [4.78, 5) is 19.4. The van der Waals surface area contributed by atoms with Gasteiger partial charge in [-0.2, -0.15) is 5.10 Å². The maximum atomic E-state index is 12.6. The van der Waals surface area contributed by atoms with Gasteiger partial charge >= 0.3 is 0 Å². The van der Waals surface area contributed by atoms with Crippen molar-refractivity contribution in [3.63, 3.8) is 0 Å². The number of aliphatic hydroxyl groups excluding tert-OH is 1. The zero-order valence-corrected chi connectivity index (χ0v) is 19.8. The lowest BCUT2D eigenvalue weighted by Crippen LogP contribution is -2.54. The zero-order chi connectivity index (χ0) is 24.0. The average Bonchev–Trinajstić information content (AvgIpc) is 3.53. The van der Waals surface area contributed by atoms with Crippen molar-refractivity contribution in [2.24, 2.45) is 5.92 Å². The number of nitrogens with one attached hydrogen (secondary N) is 1. The number of fused-ring (bicyclic) bond motifs is 1. The second-order valence-corrected chi connectivity index (χ2v) is 9.93. The van der Waals surface area contributed by atoms with Crippen molar-refractivity contribution < 1.29 is 9.90 Å². The van der Waals surface area contributed by atoms with Gasteiger partial charge in [0.2, 0.25) is 5.91 Å². The fourth-order valence-electron chi connectivity index (χ4n) is 4.83. The number of aliphatic hydroxyl groups is 1. The molecule has 0 atom stereocenters. The fraction of sp³-hybridized carbons (Fsp3) is 0.321. The molecule has 0 unspecified atom stereocenters. The first kappa shape index (κ1) is 21.8. The summed E-state index contributed by atoms with van der Waals surface area (Å²) in [6.45, 7) is 4.10. The van der Waals surface area contributed by atoms with Crippen LogP contribution in [0.2, 0.25) is 0 Å². The monoisotopic (exact) mass is 467 g/mol. The molecule has 7 heteroatoms. The normalized spacial score (nSPS) is 16.8. The highest BCUT2D eigenvalue weighted by molar-refractivity contribution is 5.83. The molecule has 1 saturated carbocycles. The fourth-order valence-corrected chi connectivity index (χ4v) is 4.83. The lowest BCUT2D eigenvalue weighted by Gasteiger charge is -2.39. The molecular formula is C28H29N5O2. The van der Waals surface area contributed by atoms with Gasteiger partial charge in [-0.15, -0.1) is 0 Å². The Morgan fingerprint density at radius 1 is 1.11 bits per heavy atom. The molecule has 2 aromatic heterocycles. The van der Waals surface area contributed by atoms with Gasteiger partial charge in [-0.25, -0.2) is 9.50 Å². The third-order valence-electron chi connectivity index (χ3n) is 7.46. The summed E-state index contributed by atoms with van der Waals surface area (Å²) in [5.41, 5.74) is 6.33. The Morgan fingerprint density at radius 2 is 1.86 bits per heavy atom. The van der Waals surface area contributed by atoms with E-state index in [4.69, 9.17) is 5.10 Å². The second-order valence-electron chi connectivity index (χ2n) is 9.93. The molecule has 2 N–H and O–H groups in total. The van der Waals surface area contributed by atoms with Gasteiger partial charge in [-0.1, -0.05) is 54.1 Å². The molecule has 1 amide bonds. The SMILES string of the molecule is Cc1ccc(CNC(=O)C2CN(c3nccn4nc(-c5ccc(C6(CO)CC6)cc5)cc34)C2)cc1. The molecule has 7 nitrogen and oxygen atoms in total. The number of amides is 1. The molecule has 6 rings (SSSR count). The van der Waals surface area contributed by atoms with Crippen LogP contribution in [0.5, 0.6) is 0 Å². The minimum absolute atomic E-state index is 0.0327. The summed E-state index contributed by atoms with van der Waals surface area (Å²) >= 11 is 0. The van der Waals surface area contributed by atoms with Crippen LogP contribution >= 0.6 is 0 Å². The standard InChI is InChI=1S/C28H29N5O2/c1-19-2-4-20(5-3-19)15-30-27(35)22-16-32(17-22)26-25-14-24(31-33(25)13-12-29-26)21-6-8-23(9-7-21)28(18-34)10-11-28/h2-9,12-14,22,34H,10-11,15-18H2,1H3,(H,30,35).